The normalized spacial score (nSPS) is 19.3. The lowest BCUT2D eigenvalue weighted by Crippen LogP contribution is -2.56. The van der Waals surface area contributed by atoms with Crippen molar-refractivity contribution in [3.63, 3.8) is 0 Å². The summed E-state index contributed by atoms with van der Waals surface area (Å²) in [6, 6.07) is -0.371. The minimum atomic E-state index is -0.371. The van der Waals surface area contributed by atoms with Crippen molar-refractivity contribution in [1.82, 2.24) is 25.7 Å². The first-order valence-electron chi connectivity index (χ1n) is 7.23. The summed E-state index contributed by atoms with van der Waals surface area (Å²) >= 11 is 1.50. The van der Waals surface area contributed by atoms with Gasteiger partial charge in [0.15, 0.2) is 0 Å². The molecule has 1 aromatic heterocycles. The van der Waals surface area contributed by atoms with Crippen molar-refractivity contribution >= 4 is 23.2 Å². The zero-order chi connectivity index (χ0) is 15.2. The molecule has 2 amide bonds. The molecule has 1 aliphatic heterocycles. The predicted octanol–water partition coefficient (Wildman–Crippen LogP) is -0.0729. The maximum atomic E-state index is 12.0. The van der Waals surface area contributed by atoms with E-state index in [4.69, 9.17) is 0 Å². The Morgan fingerprint density at radius 3 is 2.86 bits per heavy atom. The number of hydrogen-bond donors (Lipinski definition) is 2. The molecule has 0 bridgehead atoms. The Balaban J connectivity index is 1.84. The molecule has 1 aromatic rings. The smallest absolute Gasteiger partial charge is 0.237 e. The number of aryl methyl sites for hydroxylation is 1. The van der Waals surface area contributed by atoms with E-state index in [-0.39, 0.29) is 24.3 Å². The van der Waals surface area contributed by atoms with Gasteiger partial charge in [-0.25, -0.2) is 0 Å². The molecule has 21 heavy (non-hydrogen) atoms. The van der Waals surface area contributed by atoms with E-state index < -0.39 is 0 Å². The zero-order valence-electron chi connectivity index (χ0n) is 12.4. The van der Waals surface area contributed by atoms with Crippen LogP contribution in [0, 0.1) is 0 Å². The molecule has 1 aliphatic rings. The highest BCUT2D eigenvalue weighted by atomic mass is 32.1. The number of nitrogens with zero attached hydrogens (tertiary/aromatic N) is 3. The fraction of sp³-hybridized carbons (Fsp3) is 0.692. The lowest BCUT2D eigenvalue weighted by molar-refractivity contribution is -0.133. The second-order valence-electron chi connectivity index (χ2n) is 4.86. The molecule has 0 unspecified atom stereocenters. The Hall–Kier alpha value is -1.54. The Bertz CT molecular complexity index is 505. The SMILES string of the molecule is CCc1nnc(CNC(=O)C[C@@H]2C(=O)NCCN2CC)s1. The van der Waals surface area contributed by atoms with Gasteiger partial charge in [-0.3, -0.25) is 14.5 Å². The third-order valence-electron chi connectivity index (χ3n) is 3.47. The van der Waals surface area contributed by atoms with Crippen molar-refractivity contribution in [2.45, 2.75) is 39.3 Å². The van der Waals surface area contributed by atoms with Crippen LogP contribution >= 0.6 is 11.3 Å². The molecule has 116 valence electrons. The van der Waals surface area contributed by atoms with Crippen LogP contribution in [0.25, 0.3) is 0 Å². The number of piperazine rings is 1. The van der Waals surface area contributed by atoms with E-state index >= 15 is 0 Å². The van der Waals surface area contributed by atoms with E-state index in [9.17, 15) is 9.59 Å². The Kier molecular flexibility index (Phi) is 5.63. The van der Waals surface area contributed by atoms with E-state index in [0.29, 0.717) is 13.1 Å². The topological polar surface area (TPSA) is 87.2 Å². The molecule has 8 heteroatoms. The molecule has 0 aliphatic carbocycles. The minimum absolute atomic E-state index is 0.0672. The molecule has 0 radical (unpaired) electrons. The van der Waals surface area contributed by atoms with E-state index in [2.05, 4.69) is 20.8 Å². The molecule has 1 saturated heterocycles. The molecule has 0 aromatic carbocycles. The molecular formula is C13H21N5O2S. The fourth-order valence-electron chi connectivity index (χ4n) is 2.29. The summed E-state index contributed by atoms with van der Waals surface area (Å²) in [5, 5.41) is 15.4. The van der Waals surface area contributed by atoms with Crippen molar-refractivity contribution in [2.75, 3.05) is 19.6 Å². The van der Waals surface area contributed by atoms with Gasteiger partial charge in [-0.05, 0) is 13.0 Å². The maximum absolute atomic E-state index is 12.0. The third kappa shape index (κ3) is 4.21. The Morgan fingerprint density at radius 2 is 2.19 bits per heavy atom. The standard InChI is InChI=1S/C13H21N5O2S/c1-3-11-16-17-12(21-11)8-15-10(19)7-9-13(20)14-5-6-18(9)4-2/h9H,3-8H2,1-2H3,(H,14,20)(H,15,19)/t9-/m1/s1. The number of carbonyl (C=O) groups excluding carboxylic acids is 2. The van der Waals surface area contributed by atoms with Crippen LogP contribution in [0.3, 0.4) is 0 Å². The summed E-state index contributed by atoms with van der Waals surface area (Å²) < 4.78 is 0. The van der Waals surface area contributed by atoms with Gasteiger partial charge in [-0.2, -0.15) is 0 Å². The molecule has 2 N–H and O–H groups in total. The molecule has 0 spiro atoms. The fourth-order valence-corrected chi connectivity index (χ4v) is 3.01. The number of rotatable bonds is 6. The quantitative estimate of drug-likeness (QED) is 0.768. The molecular weight excluding hydrogens is 290 g/mol. The van der Waals surface area contributed by atoms with Gasteiger partial charge in [0.1, 0.15) is 10.0 Å². The number of nitrogens with one attached hydrogen (secondary N) is 2. The van der Waals surface area contributed by atoms with Gasteiger partial charge in [0.25, 0.3) is 0 Å². The van der Waals surface area contributed by atoms with Gasteiger partial charge in [-0.15, -0.1) is 10.2 Å². The summed E-state index contributed by atoms with van der Waals surface area (Å²) in [5.41, 5.74) is 0. The van der Waals surface area contributed by atoms with E-state index in [0.717, 1.165) is 29.5 Å². The number of amides is 2. The van der Waals surface area contributed by atoms with Crippen molar-refractivity contribution in [3.8, 4) is 0 Å². The van der Waals surface area contributed by atoms with Crippen LogP contribution in [-0.4, -0.2) is 52.6 Å². The Morgan fingerprint density at radius 1 is 1.43 bits per heavy atom. The van der Waals surface area contributed by atoms with Crippen molar-refractivity contribution < 1.29 is 9.59 Å². The van der Waals surface area contributed by atoms with Crippen molar-refractivity contribution in [2.24, 2.45) is 0 Å². The van der Waals surface area contributed by atoms with Gasteiger partial charge in [0, 0.05) is 13.1 Å². The van der Waals surface area contributed by atoms with Gasteiger partial charge in [-0.1, -0.05) is 25.2 Å². The summed E-state index contributed by atoms with van der Waals surface area (Å²) in [5.74, 6) is -0.203. The lowest BCUT2D eigenvalue weighted by Gasteiger charge is -2.33. The molecule has 7 nitrogen and oxygen atoms in total. The summed E-state index contributed by atoms with van der Waals surface area (Å²) in [7, 11) is 0. The highest BCUT2D eigenvalue weighted by molar-refractivity contribution is 7.11. The van der Waals surface area contributed by atoms with Crippen LogP contribution < -0.4 is 10.6 Å². The van der Waals surface area contributed by atoms with Gasteiger partial charge in [0.05, 0.1) is 19.0 Å². The molecule has 0 saturated carbocycles. The highest BCUT2D eigenvalue weighted by Gasteiger charge is 2.30. The first kappa shape index (κ1) is 15.8. The van der Waals surface area contributed by atoms with Crippen molar-refractivity contribution in [3.05, 3.63) is 10.0 Å². The molecule has 1 fully saturated rings. The van der Waals surface area contributed by atoms with E-state index in [1.165, 1.54) is 11.3 Å². The van der Waals surface area contributed by atoms with Crippen LogP contribution in [0.2, 0.25) is 0 Å². The lowest BCUT2D eigenvalue weighted by atomic mass is 10.1. The average molecular weight is 311 g/mol. The van der Waals surface area contributed by atoms with Crippen LogP contribution in [0.15, 0.2) is 0 Å². The van der Waals surface area contributed by atoms with E-state index in [1.807, 2.05) is 18.7 Å². The number of likely N-dealkylation sites (N-methyl/N-ethyl adjacent to an activating group) is 1. The highest BCUT2D eigenvalue weighted by Crippen LogP contribution is 2.11. The monoisotopic (exact) mass is 311 g/mol. The largest absolute Gasteiger partial charge is 0.353 e. The minimum Gasteiger partial charge on any atom is -0.353 e. The van der Waals surface area contributed by atoms with Crippen LogP contribution in [0.1, 0.15) is 30.3 Å². The molecule has 2 rings (SSSR count). The zero-order valence-corrected chi connectivity index (χ0v) is 13.2. The van der Waals surface area contributed by atoms with Crippen molar-refractivity contribution in [1.29, 1.82) is 0 Å². The number of carbonyl (C=O) groups is 2. The number of hydrogen-bond acceptors (Lipinski definition) is 6. The maximum Gasteiger partial charge on any atom is 0.237 e. The van der Waals surface area contributed by atoms with Gasteiger partial charge < -0.3 is 10.6 Å². The molecule has 1 atom stereocenters. The third-order valence-corrected chi connectivity index (χ3v) is 4.54. The van der Waals surface area contributed by atoms with Crippen LogP contribution in [0.5, 0.6) is 0 Å². The van der Waals surface area contributed by atoms with Crippen LogP contribution in [-0.2, 0) is 22.6 Å². The first-order valence-corrected chi connectivity index (χ1v) is 8.05. The Labute approximate surface area is 128 Å². The van der Waals surface area contributed by atoms with Crippen LogP contribution in [0.4, 0.5) is 0 Å². The van der Waals surface area contributed by atoms with Gasteiger partial charge in [0.2, 0.25) is 11.8 Å². The summed E-state index contributed by atoms with van der Waals surface area (Å²) in [4.78, 5) is 25.9. The first-order chi connectivity index (χ1) is 10.1. The second kappa shape index (κ2) is 7.46. The summed E-state index contributed by atoms with van der Waals surface area (Å²) in [6.45, 7) is 6.59. The average Bonchev–Trinajstić information content (AvgIpc) is 2.95. The predicted molar refractivity (Wildman–Crippen MR) is 79.8 cm³/mol. The summed E-state index contributed by atoms with van der Waals surface area (Å²) in [6.07, 6.45) is 1.03. The number of aromatic nitrogens is 2. The van der Waals surface area contributed by atoms with Gasteiger partial charge >= 0.3 is 0 Å². The van der Waals surface area contributed by atoms with E-state index in [1.54, 1.807) is 0 Å². The second-order valence-corrected chi connectivity index (χ2v) is 6.01. The molecule has 2 heterocycles.